The summed E-state index contributed by atoms with van der Waals surface area (Å²) in [5.41, 5.74) is 2.90. The van der Waals surface area contributed by atoms with Crippen molar-refractivity contribution in [2.24, 2.45) is 21.1 Å². The van der Waals surface area contributed by atoms with Gasteiger partial charge in [-0.15, -0.1) is 0 Å². The highest BCUT2D eigenvalue weighted by molar-refractivity contribution is 7.89. The number of nitro groups is 2. The molecule has 2 amide bonds. The Hall–Kier alpha value is -4.00. The van der Waals surface area contributed by atoms with E-state index >= 15 is 0 Å². The maximum Gasteiger partial charge on any atom is 0.332 e. The summed E-state index contributed by atoms with van der Waals surface area (Å²) >= 11 is 0. The number of hydrogen-bond donors (Lipinski definition) is 4. The minimum Gasteiger partial charge on any atom is -0.350 e. The van der Waals surface area contributed by atoms with Crippen molar-refractivity contribution in [1.82, 2.24) is 5.43 Å². The number of nitro benzene ring substituents is 2. The third-order valence-electron chi connectivity index (χ3n) is 4.27. The van der Waals surface area contributed by atoms with Crippen LogP contribution in [-0.4, -0.2) is 38.4 Å². The predicted molar refractivity (Wildman–Crippen MR) is 106 cm³/mol. The van der Waals surface area contributed by atoms with Crippen LogP contribution in [0.25, 0.3) is 11.1 Å². The third kappa shape index (κ3) is 3.85. The van der Waals surface area contributed by atoms with Crippen molar-refractivity contribution in [3.8, 4) is 11.1 Å². The smallest absolute Gasteiger partial charge is 0.332 e. The predicted octanol–water partition coefficient (Wildman–Crippen LogP) is -0.801. The van der Waals surface area contributed by atoms with Crippen molar-refractivity contribution in [2.75, 3.05) is 0 Å². The van der Waals surface area contributed by atoms with Crippen molar-refractivity contribution in [2.45, 2.75) is 9.79 Å². The van der Waals surface area contributed by atoms with E-state index in [2.05, 4.69) is 5.10 Å². The molecule has 1 aliphatic rings. The second-order valence-corrected chi connectivity index (χ2v) is 9.39. The molecule has 0 aliphatic heterocycles. The largest absolute Gasteiger partial charge is 0.350 e. The number of hydrazone groups is 1. The van der Waals surface area contributed by atoms with Gasteiger partial charge in [0.1, 0.15) is 0 Å². The maximum absolute atomic E-state index is 11.8. The lowest BCUT2D eigenvalue weighted by molar-refractivity contribution is -0.386. The molecular weight excluding hydrogens is 474 g/mol. The minimum absolute atomic E-state index is 0.360. The van der Waals surface area contributed by atoms with E-state index in [1.54, 1.807) is 0 Å². The van der Waals surface area contributed by atoms with Crippen molar-refractivity contribution in [1.29, 1.82) is 0 Å². The number of fused-ring (bicyclic) bond motifs is 3. The average molecular weight is 485 g/mol. The number of carbonyl (C=O) groups is 1. The van der Waals surface area contributed by atoms with Gasteiger partial charge in [0.2, 0.25) is 20.0 Å². The number of benzene rings is 2. The third-order valence-corrected chi connectivity index (χ3v) is 6.06. The number of nitrogens with zero attached hydrogens (tertiary/aromatic N) is 3. The summed E-state index contributed by atoms with van der Waals surface area (Å²) in [5, 5.41) is 37.1. The highest BCUT2D eigenvalue weighted by atomic mass is 32.2. The molecule has 2 aromatic rings. The van der Waals surface area contributed by atoms with Gasteiger partial charge in [-0.25, -0.2) is 37.3 Å². The summed E-state index contributed by atoms with van der Waals surface area (Å²) in [6.45, 7) is 0. The van der Waals surface area contributed by atoms with Gasteiger partial charge < -0.3 is 5.73 Å². The molecule has 0 atom stereocenters. The number of primary amides is 1. The van der Waals surface area contributed by atoms with Crippen molar-refractivity contribution >= 4 is 43.2 Å². The SMILES string of the molecule is NC(=O)NN=C1c2cc(S(N)(=O)=O)cc([N+](=O)[O-])c2-c2c1cc(S(N)(=O)=O)cc2[N+](=O)[O-]. The Labute approximate surface area is 178 Å². The van der Waals surface area contributed by atoms with Crippen LogP contribution in [0.4, 0.5) is 16.2 Å². The Morgan fingerprint density at radius 1 is 0.844 bits per heavy atom. The van der Waals surface area contributed by atoms with Gasteiger partial charge in [0, 0.05) is 23.3 Å². The van der Waals surface area contributed by atoms with E-state index < -0.39 is 73.9 Å². The normalized spacial score (nSPS) is 12.6. The number of rotatable bonds is 5. The Kier molecular flexibility index (Phi) is 5.17. The lowest BCUT2D eigenvalue weighted by Gasteiger charge is -2.06. The van der Waals surface area contributed by atoms with E-state index in [1.165, 1.54) is 0 Å². The number of nitrogens with two attached hydrogens (primary N) is 3. The summed E-state index contributed by atoms with van der Waals surface area (Å²) in [6, 6.07) is 1.63. The van der Waals surface area contributed by atoms with E-state index in [1.807, 2.05) is 5.43 Å². The van der Waals surface area contributed by atoms with Gasteiger partial charge in [-0.1, -0.05) is 0 Å². The number of primary sulfonamides is 2. The quantitative estimate of drug-likeness (QED) is 0.259. The average Bonchev–Trinajstić information content (AvgIpc) is 2.96. The molecule has 1 aliphatic carbocycles. The summed E-state index contributed by atoms with van der Waals surface area (Å²) in [7, 11) is -9.00. The molecule has 0 heterocycles. The molecule has 0 unspecified atom stereocenters. The summed E-state index contributed by atoms with van der Waals surface area (Å²) in [5.74, 6) is 0. The van der Waals surface area contributed by atoms with Crippen LogP contribution in [0.5, 0.6) is 0 Å². The van der Waals surface area contributed by atoms with Crippen LogP contribution in [0.1, 0.15) is 11.1 Å². The Balaban J connectivity index is 2.59. The molecule has 0 aromatic heterocycles. The zero-order chi connectivity index (χ0) is 24.2. The summed E-state index contributed by atoms with van der Waals surface area (Å²) in [4.78, 5) is 31.0. The zero-order valence-electron chi connectivity index (χ0n) is 15.4. The second kappa shape index (κ2) is 7.30. The fourth-order valence-electron chi connectivity index (χ4n) is 3.09. The first-order valence-electron chi connectivity index (χ1n) is 7.97. The molecular formula is C14H11N7O9S2. The summed E-state index contributed by atoms with van der Waals surface area (Å²) in [6.07, 6.45) is 0. The van der Waals surface area contributed by atoms with E-state index in [0.29, 0.717) is 12.1 Å². The van der Waals surface area contributed by atoms with E-state index in [4.69, 9.17) is 16.0 Å². The van der Waals surface area contributed by atoms with Crippen LogP contribution in [0.2, 0.25) is 0 Å². The van der Waals surface area contributed by atoms with Gasteiger partial charge >= 0.3 is 6.03 Å². The Morgan fingerprint density at radius 3 is 1.50 bits per heavy atom. The fraction of sp³-hybridized carbons (Fsp3) is 0. The highest BCUT2D eigenvalue weighted by Crippen LogP contribution is 2.49. The highest BCUT2D eigenvalue weighted by Gasteiger charge is 2.40. The first kappa shape index (κ1) is 22.7. The molecule has 32 heavy (non-hydrogen) atoms. The molecule has 0 spiro atoms. The molecule has 0 saturated carbocycles. The van der Waals surface area contributed by atoms with E-state index in [-0.39, 0.29) is 11.1 Å². The lowest BCUT2D eigenvalue weighted by Crippen LogP contribution is -2.26. The molecule has 0 radical (unpaired) electrons. The minimum atomic E-state index is -4.50. The van der Waals surface area contributed by atoms with E-state index in [0.717, 1.165) is 12.1 Å². The molecule has 16 nitrogen and oxygen atoms in total. The first-order chi connectivity index (χ1) is 14.6. The molecule has 18 heteroatoms. The van der Waals surface area contributed by atoms with Crippen LogP contribution in [0.3, 0.4) is 0 Å². The van der Waals surface area contributed by atoms with E-state index in [9.17, 15) is 41.9 Å². The van der Waals surface area contributed by atoms with Crippen molar-refractivity contribution in [3.05, 3.63) is 55.6 Å². The Bertz CT molecular complexity index is 1380. The van der Waals surface area contributed by atoms with Crippen LogP contribution in [0, 0.1) is 20.2 Å². The van der Waals surface area contributed by atoms with Gasteiger partial charge in [-0.05, 0) is 12.1 Å². The number of amides is 2. The standard InChI is InChI=1S/C14H11N7O9S2/c15-14(22)19-18-13-7-1-5(31(16,27)28)3-9(20(23)24)11(7)12-8(13)2-6(32(17,29)30)4-10(12)21(25)26/h1-4H,(H3,15,19,22)(H2,16,27,28)(H2,17,29,30). The molecule has 0 bridgehead atoms. The van der Waals surface area contributed by atoms with Crippen LogP contribution >= 0.6 is 0 Å². The van der Waals surface area contributed by atoms with Gasteiger partial charge in [-0.2, -0.15) is 5.10 Å². The van der Waals surface area contributed by atoms with Gasteiger partial charge in [-0.3, -0.25) is 20.2 Å². The first-order valence-corrected chi connectivity index (χ1v) is 11.1. The Morgan fingerprint density at radius 2 is 1.22 bits per heavy atom. The number of carbonyl (C=O) groups excluding carboxylic acids is 1. The molecule has 168 valence electrons. The lowest BCUT2D eigenvalue weighted by atomic mass is 10.0. The van der Waals surface area contributed by atoms with Crippen LogP contribution < -0.4 is 21.4 Å². The number of sulfonamides is 2. The number of urea groups is 1. The molecule has 2 aromatic carbocycles. The zero-order valence-corrected chi connectivity index (χ0v) is 17.0. The molecule has 0 fully saturated rings. The molecule has 3 rings (SSSR count). The van der Waals surface area contributed by atoms with Gasteiger partial charge in [0.25, 0.3) is 11.4 Å². The maximum atomic E-state index is 11.8. The summed E-state index contributed by atoms with van der Waals surface area (Å²) < 4.78 is 47.3. The molecule has 7 N–H and O–H groups in total. The van der Waals surface area contributed by atoms with Crippen LogP contribution in [-0.2, 0) is 20.0 Å². The second-order valence-electron chi connectivity index (χ2n) is 6.27. The van der Waals surface area contributed by atoms with Crippen LogP contribution in [0.15, 0.2) is 39.2 Å². The van der Waals surface area contributed by atoms with Gasteiger partial charge in [0.05, 0.1) is 36.5 Å². The monoisotopic (exact) mass is 485 g/mol. The number of nitrogens with one attached hydrogen (secondary N) is 1. The van der Waals surface area contributed by atoms with Crippen molar-refractivity contribution in [3.63, 3.8) is 0 Å². The number of hydrogen-bond acceptors (Lipinski definition) is 10. The fourth-order valence-corrected chi connectivity index (χ4v) is 4.21. The van der Waals surface area contributed by atoms with Crippen molar-refractivity contribution < 1.29 is 31.5 Å². The topological polar surface area (TPSA) is 274 Å². The van der Waals surface area contributed by atoms with Gasteiger partial charge in [0.15, 0.2) is 0 Å². The molecule has 0 saturated heterocycles.